The van der Waals surface area contributed by atoms with Crippen LogP contribution in [-0.4, -0.2) is 9.97 Å². The number of aromatic amines is 1. The quantitative estimate of drug-likeness (QED) is 0.943. The molecule has 1 N–H and O–H groups in total. The zero-order valence-corrected chi connectivity index (χ0v) is 11.2. The Hall–Kier alpha value is -1.94. The number of rotatable bonds is 3. The summed E-state index contributed by atoms with van der Waals surface area (Å²) in [5.74, 6) is 0. The molecule has 2 aromatic rings. The highest BCUT2D eigenvalue weighted by Gasteiger charge is 2.09. The number of nitrogens with one attached hydrogen (secondary N) is 1. The molecule has 1 aromatic carbocycles. The molecule has 0 radical (unpaired) electrons. The molecule has 0 atom stereocenters. The maximum absolute atomic E-state index is 12.0. The second-order valence-electron chi connectivity index (χ2n) is 3.63. The smallest absolute Gasteiger partial charge is 0.274 e. The largest absolute Gasteiger partial charge is 0.319 e. The van der Waals surface area contributed by atoms with Crippen LogP contribution in [-0.2, 0) is 0 Å². The second-order valence-corrected chi connectivity index (χ2v) is 4.55. The van der Waals surface area contributed by atoms with Gasteiger partial charge in [0.15, 0.2) is 0 Å². The lowest BCUT2D eigenvalue weighted by atomic mass is 10.1. The molecule has 0 aliphatic rings. The first-order valence-electron chi connectivity index (χ1n) is 5.31. The number of nitrogens with zero attached hydrogens (tertiary/aromatic N) is 1. The minimum absolute atomic E-state index is 0.242. The molecule has 0 unspecified atom stereocenters. The molecule has 1 aromatic heterocycles. The van der Waals surface area contributed by atoms with Gasteiger partial charge in [-0.25, -0.2) is 4.98 Å². The zero-order chi connectivity index (χ0) is 13.1. The molecule has 0 fully saturated rings. The first kappa shape index (κ1) is 12.5. The normalized spacial score (nSPS) is 10.1. The van der Waals surface area contributed by atoms with Crippen molar-refractivity contribution in [1.82, 2.24) is 9.97 Å². The van der Waals surface area contributed by atoms with Crippen LogP contribution in [0.25, 0.3) is 23.4 Å². The first-order valence-corrected chi connectivity index (χ1v) is 6.10. The lowest BCUT2D eigenvalue weighted by molar-refractivity contribution is 1.11. The van der Waals surface area contributed by atoms with E-state index in [2.05, 4.69) is 39.1 Å². The van der Waals surface area contributed by atoms with E-state index in [1.165, 1.54) is 0 Å². The van der Waals surface area contributed by atoms with Crippen LogP contribution in [0.4, 0.5) is 0 Å². The van der Waals surface area contributed by atoms with Crippen molar-refractivity contribution < 1.29 is 0 Å². The average molecular weight is 303 g/mol. The Morgan fingerprint density at radius 1 is 1.28 bits per heavy atom. The number of aromatic nitrogens is 2. The Balaban J connectivity index is 2.69. The van der Waals surface area contributed by atoms with Crippen molar-refractivity contribution >= 4 is 28.1 Å². The van der Waals surface area contributed by atoms with Crippen molar-refractivity contribution in [1.29, 1.82) is 0 Å². The number of hydrogen-bond acceptors (Lipinski definition) is 2. The minimum Gasteiger partial charge on any atom is -0.319 e. The van der Waals surface area contributed by atoms with Gasteiger partial charge in [0.25, 0.3) is 5.56 Å². The summed E-state index contributed by atoms with van der Waals surface area (Å²) in [5.41, 5.74) is 2.07. The highest BCUT2D eigenvalue weighted by Crippen LogP contribution is 2.19. The van der Waals surface area contributed by atoms with Gasteiger partial charge in [0.2, 0.25) is 0 Å². The van der Waals surface area contributed by atoms with E-state index in [4.69, 9.17) is 0 Å². The number of H-pyrrole nitrogens is 1. The molecule has 1 heterocycles. The van der Waals surface area contributed by atoms with E-state index >= 15 is 0 Å². The molecule has 3 nitrogen and oxygen atoms in total. The fraction of sp³-hybridized carbons (Fsp3) is 0. The van der Waals surface area contributed by atoms with Gasteiger partial charge in [0.05, 0.1) is 11.4 Å². The molecule has 0 saturated heterocycles. The van der Waals surface area contributed by atoms with Crippen molar-refractivity contribution in [2.75, 3.05) is 0 Å². The third-order valence-electron chi connectivity index (χ3n) is 2.47. The number of benzene rings is 1. The van der Waals surface area contributed by atoms with E-state index in [1.54, 1.807) is 12.2 Å². The summed E-state index contributed by atoms with van der Waals surface area (Å²) < 4.78 is 0.897. The standard InChI is InChI=1S/C14H11BrN2O/c1-3-11-12(4-2)17-14(18)13(16-11)9-6-5-7-10(15)8-9/h3-8H,1-2H2,(H,17,18). The van der Waals surface area contributed by atoms with Crippen molar-refractivity contribution in [3.8, 4) is 11.3 Å². The van der Waals surface area contributed by atoms with Gasteiger partial charge in [-0.05, 0) is 24.3 Å². The van der Waals surface area contributed by atoms with Crippen LogP contribution in [0.3, 0.4) is 0 Å². The summed E-state index contributed by atoms with van der Waals surface area (Å²) >= 11 is 3.37. The van der Waals surface area contributed by atoms with Crippen LogP contribution < -0.4 is 5.56 Å². The predicted molar refractivity (Wildman–Crippen MR) is 78.2 cm³/mol. The molecule has 0 aliphatic carbocycles. The summed E-state index contributed by atoms with van der Waals surface area (Å²) in [6, 6.07) is 7.43. The molecule has 0 spiro atoms. The van der Waals surface area contributed by atoms with E-state index in [-0.39, 0.29) is 5.56 Å². The summed E-state index contributed by atoms with van der Waals surface area (Å²) in [4.78, 5) is 19.0. The third-order valence-corrected chi connectivity index (χ3v) is 2.96. The SMILES string of the molecule is C=Cc1nc(-c2cccc(Br)c2)c(=O)[nH]c1C=C. The summed E-state index contributed by atoms with van der Waals surface area (Å²) in [5, 5.41) is 0. The van der Waals surface area contributed by atoms with Crippen LogP contribution in [0.15, 0.2) is 46.7 Å². The highest BCUT2D eigenvalue weighted by molar-refractivity contribution is 9.10. The maximum Gasteiger partial charge on any atom is 0.274 e. The molecule has 0 bridgehead atoms. The van der Waals surface area contributed by atoms with Crippen LogP contribution in [0.1, 0.15) is 11.4 Å². The summed E-state index contributed by atoms with van der Waals surface area (Å²) in [6.45, 7) is 7.31. The predicted octanol–water partition coefficient (Wildman–Crippen LogP) is 3.49. The van der Waals surface area contributed by atoms with E-state index < -0.39 is 0 Å². The van der Waals surface area contributed by atoms with Gasteiger partial charge in [0, 0.05) is 10.0 Å². The second kappa shape index (κ2) is 5.14. The van der Waals surface area contributed by atoms with Crippen LogP contribution in [0, 0.1) is 0 Å². The first-order chi connectivity index (χ1) is 8.65. The van der Waals surface area contributed by atoms with Gasteiger partial charge in [-0.15, -0.1) is 0 Å². The summed E-state index contributed by atoms with van der Waals surface area (Å²) in [6.07, 6.45) is 3.14. The van der Waals surface area contributed by atoms with Crippen molar-refractivity contribution in [2.24, 2.45) is 0 Å². The van der Waals surface area contributed by atoms with Crippen molar-refractivity contribution in [2.45, 2.75) is 0 Å². The molecule has 4 heteroatoms. The van der Waals surface area contributed by atoms with E-state index in [1.807, 2.05) is 24.3 Å². The molecular weight excluding hydrogens is 292 g/mol. The Morgan fingerprint density at radius 2 is 2.06 bits per heavy atom. The van der Waals surface area contributed by atoms with Gasteiger partial charge in [-0.3, -0.25) is 4.79 Å². The number of hydrogen-bond donors (Lipinski definition) is 1. The fourth-order valence-corrected chi connectivity index (χ4v) is 2.02. The third kappa shape index (κ3) is 2.33. The molecule has 0 aliphatic heterocycles. The van der Waals surface area contributed by atoms with Gasteiger partial charge in [-0.1, -0.05) is 41.2 Å². The van der Waals surface area contributed by atoms with Crippen molar-refractivity contribution in [3.63, 3.8) is 0 Å². The van der Waals surface area contributed by atoms with Gasteiger partial charge in [0.1, 0.15) is 5.69 Å². The molecule has 0 amide bonds. The van der Waals surface area contributed by atoms with Gasteiger partial charge in [-0.2, -0.15) is 0 Å². The Kier molecular flexibility index (Phi) is 3.58. The summed E-state index contributed by atoms with van der Waals surface area (Å²) in [7, 11) is 0. The van der Waals surface area contributed by atoms with Crippen LogP contribution in [0.2, 0.25) is 0 Å². The van der Waals surface area contributed by atoms with E-state index in [9.17, 15) is 4.79 Å². The molecular formula is C14H11BrN2O. The van der Waals surface area contributed by atoms with E-state index in [0.29, 0.717) is 17.1 Å². The Bertz CT molecular complexity index is 674. The fourth-order valence-electron chi connectivity index (χ4n) is 1.62. The monoisotopic (exact) mass is 302 g/mol. The van der Waals surface area contributed by atoms with E-state index in [0.717, 1.165) is 10.0 Å². The Labute approximate surface area is 113 Å². The molecule has 2 rings (SSSR count). The molecule has 0 saturated carbocycles. The molecule has 90 valence electrons. The lowest BCUT2D eigenvalue weighted by Gasteiger charge is -2.05. The Morgan fingerprint density at radius 3 is 2.67 bits per heavy atom. The lowest BCUT2D eigenvalue weighted by Crippen LogP contribution is -2.14. The zero-order valence-electron chi connectivity index (χ0n) is 9.61. The average Bonchev–Trinajstić information content (AvgIpc) is 2.38. The number of halogens is 1. The molecule has 18 heavy (non-hydrogen) atoms. The van der Waals surface area contributed by atoms with Crippen LogP contribution in [0.5, 0.6) is 0 Å². The van der Waals surface area contributed by atoms with Gasteiger partial charge < -0.3 is 4.98 Å². The maximum atomic E-state index is 12.0. The minimum atomic E-state index is -0.242. The van der Waals surface area contributed by atoms with Gasteiger partial charge >= 0.3 is 0 Å². The van der Waals surface area contributed by atoms with Crippen LogP contribution >= 0.6 is 15.9 Å². The van der Waals surface area contributed by atoms with Crippen molar-refractivity contribution in [3.05, 3.63) is 63.6 Å². The highest BCUT2D eigenvalue weighted by atomic mass is 79.9. The topological polar surface area (TPSA) is 45.8 Å².